The molecule has 0 bridgehead atoms. The minimum Gasteiger partial charge on any atom is -0.474 e. The van der Waals surface area contributed by atoms with Gasteiger partial charge in [-0.15, -0.1) is 0 Å². The first-order valence-corrected chi connectivity index (χ1v) is 7.27. The Labute approximate surface area is 139 Å². The van der Waals surface area contributed by atoms with Crippen molar-refractivity contribution in [3.05, 3.63) is 69.8 Å². The molecule has 2 aromatic carbocycles. The summed E-state index contributed by atoms with van der Waals surface area (Å²) in [7, 11) is 0. The van der Waals surface area contributed by atoms with Crippen molar-refractivity contribution in [1.82, 2.24) is 5.43 Å². The largest absolute Gasteiger partial charge is 0.474 e. The number of ether oxygens (including phenoxy) is 1. The number of benzene rings is 2. The lowest BCUT2D eigenvalue weighted by atomic mass is 10.2. The van der Waals surface area contributed by atoms with E-state index in [0.717, 1.165) is 11.1 Å². The summed E-state index contributed by atoms with van der Waals surface area (Å²) in [5.41, 5.74) is 4.09. The predicted molar refractivity (Wildman–Crippen MR) is 90.1 cm³/mol. The van der Waals surface area contributed by atoms with Crippen LogP contribution in [0.1, 0.15) is 18.1 Å². The lowest BCUT2D eigenvalue weighted by Crippen LogP contribution is -2.33. The van der Waals surface area contributed by atoms with E-state index < -0.39 is 16.9 Å². The number of aryl methyl sites for hydroxylation is 1. The Kier molecular flexibility index (Phi) is 5.62. The van der Waals surface area contributed by atoms with Crippen molar-refractivity contribution in [3.8, 4) is 5.75 Å². The van der Waals surface area contributed by atoms with E-state index in [0.29, 0.717) is 0 Å². The van der Waals surface area contributed by atoms with Gasteiger partial charge in [-0.05, 0) is 25.5 Å². The number of hydrogen-bond acceptors (Lipinski definition) is 5. The highest BCUT2D eigenvalue weighted by atomic mass is 16.6. The van der Waals surface area contributed by atoms with Gasteiger partial charge in [0, 0.05) is 6.07 Å². The molecule has 2 aromatic rings. The van der Waals surface area contributed by atoms with Crippen LogP contribution < -0.4 is 10.2 Å². The van der Waals surface area contributed by atoms with E-state index in [4.69, 9.17) is 4.74 Å². The normalized spacial score (nSPS) is 11.9. The van der Waals surface area contributed by atoms with Crippen LogP contribution in [-0.4, -0.2) is 23.1 Å². The summed E-state index contributed by atoms with van der Waals surface area (Å²) in [5, 5.41) is 14.8. The van der Waals surface area contributed by atoms with E-state index >= 15 is 0 Å². The molecule has 24 heavy (non-hydrogen) atoms. The van der Waals surface area contributed by atoms with Crippen LogP contribution in [0.2, 0.25) is 0 Å². The van der Waals surface area contributed by atoms with Gasteiger partial charge in [-0.25, -0.2) is 5.43 Å². The zero-order valence-electron chi connectivity index (χ0n) is 13.3. The Balaban J connectivity index is 1.97. The number of nitrogens with one attached hydrogen (secondary N) is 1. The van der Waals surface area contributed by atoms with Crippen LogP contribution in [0.3, 0.4) is 0 Å². The lowest BCUT2D eigenvalue weighted by molar-refractivity contribution is -0.386. The topological polar surface area (TPSA) is 93.8 Å². The number of hydrogen-bond donors (Lipinski definition) is 1. The first-order valence-electron chi connectivity index (χ1n) is 7.27. The van der Waals surface area contributed by atoms with Crippen LogP contribution in [0.5, 0.6) is 5.75 Å². The van der Waals surface area contributed by atoms with Crippen molar-refractivity contribution in [2.24, 2.45) is 5.10 Å². The number of amides is 1. The van der Waals surface area contributed by atoms with Crippen LogP contribution >= 0.6 is 0 Å². The first-order chi connectivity index (χ1) is 11.5. The smallest absolute Gasteiger partial charge is 0.310 e. The molecule has 2 rings (SSSR count). The van der Waals surface area contributed by atoms with Gasteiger partial charge in [0.25, 0.3) is 5.91 Å². The van der Waals surface area contributed by atoms with Gasteiger partial charge >= 0.3 is 5.69 Å². The molecule has 0 saturated heterocycles. The van der Waals surface area contributed by atoms with Gasteiger partial charge in [-0.1, -0.05) is 42.0 Å². The lowest BCUT2D eigenvalue weighted by Gasteiger charge is -2.12. The number of carbonyl (C=O) groups is 1. The van der Waals surface area contributed by atoms with Crippen molar-refractivity contribution < 1.29 is 14.5 Å². The molecule has 0 spiro atoms. The van der Waals surface area contributed by atoms with Crippen LogP contribution in [0.15, 0.2) is 53.6 Å². The third kappa shape index (κ3) is 4.64. The Morgan fingerprint density at radius 3 is 2.75 bits per heavy atom. The van der Waals surface area contributed by atoms with Crippen molar-refractivity contribution in [2.45, 2.75) is 20.0 Å². The summed E-state index contributed by atoms with van der Waals surface area (Å²) in [6.45, 7) is 3.45. The maximum absolute atomic E-state index is 12.0. The van der Waals surface area contributed by atoms with Gasteiger partial charge in [0.2, 0.25) is 0 Å². The molecule has 1 N–H and O–H groups in total. The van der Waals surface area contributed by atoms with Crippen molar-refractivity contribution in [1.29, 1.82) is 0 Å². The number of carbonyl (C=O) groups excluding carboxylic acids is 1. The summed E-state index contributed by atoms with van der Waals surface area (Å²) in [4.78, 5) is 22.3. The minimum atomic E-state index is -0.930. The first kappa shape index (κ1) is 17.1. The Morgan fingerprint density at radius 2 is 2.04 bits per heavy atom. The summed E-state index contributed by atoms with van der Waals surface area (Å²) < 4.78 is 5.36. The second kappa shape index (κ2) is 7.87. The molecule has 7 nitrogen and oxygen atoms in total. The monoisotopic (exact) mass is 327 g/mol. The Hall–Kier alpha value is -3.22. The summed E-state index contributed by atoms with van der Waals surface area (Å²) in [6.07, 6.45) is 0.587. The number of nitro groups is 1. The summed E-state index contributed by atoms with van der Waals surface area (Å²) in [6, 6.07) is 13.5. The zero-order chi connectivity index (χ0) is 17.5. The Bertz CT molecular complexity index is 774. The number of rotatable bonds is 6. The van der Waals surface area contributed by atoms with E-state index in [2.05, 4.69) is 10.5 Å². The van der Waals surface area contributed by atoms with Crippen molar-refractivity contribution in [2.75, 3.05) is 0 Å². The van der Waals surface area contributed by atoms with Crippen LogP contribution in [0, 0.1) is 17.0 Å². The molecule has 0 unspecified atom stereocenters. The second-order valence-corrected chi connectivity index (χ2v) is 5.13. The fourth-order valence-electron chi connectivity index (χ4n) is 1.96. The van der Waals surface area contributed by atoms with E-state index in [-0.39, 0.29) is 11.4 Å². The van der Waals surface area contributed by atoms with E-state index in [1.165, 1.54) is 31.3 Å². The average molecular weight is 327 g/mol. The molecule has 1 atom stereocenters. The van der Waals surface area contributed by atoms with Crippen molar-refractivity contribution >= 4 is 17.8 Å². The molecule has 1 amide bonds. The summed E-state index contributed by atoms with van der Waals surface area (Å²) >= 11 is 0. The number of nitro benzene ring substituents is 1. The van der Waals surface area contributed by atoms with E-state index in [9.17, 15) is 14.9 Å². The second-order valence-electron chi connectivity index (χ2n) is 5.13. The molecule has 0 radical (unpaired) electrons. The SMILES string of the molecule is Cc1cccc(C=NNC(=O)[C@H](C)Oc2ccccc2[N+](=O)[O-])c1. The predicted octanol–water partition coefficient (Wildman–Crippen LogP) is 2.82. The van der Waals surface area contributed by atoms with Crippen molar-refractivity contribution in [3.63, 3.8) is 0 Å². The minimum absolute atomic E-state index is 0.0350. The molecule has 0 saturated carbocycles. The molecule has 0 aliphatic heterocycles. The molecule has 7 heteroatoms. The van der Waals surface area contributed by atoms with Gasteiger partial charge < -0.3 is 4.74 Å². The molecule has 0 heterocycles. The van der Waals surface area contributed by atoms with Crippen LogP contribution in [0.25, 0.3) is 0 Å². The highest BCUT2D eigenvalue weighted by Gasteiger charge is 2.20. The van der Waals surface area contributed by atoms with E-state index in [1.807, 2.05) is 31.2 Å². The maximum Gasteiger partial charge on any atom is 0.310 e. The number of para-hydroxylation sites is 2. The van der Waals surface area contributed by atoms with E-state index in [1.54, 1.807) is 6.07 Å². The van der Waals surface area contributed by atoms with Gasteiger partial charge in [-0.2, -0.15) is 5.10 Å². The molecular formula is C17H17N3O4. The zero-order valence-corrected chi connectivity index (χ0v) is 13.3. The highest BCUT2D eigenvalue weighted by molar-refractivity contribution is 5.84. The fourth-order valence-corrected chi connectivity index (χ4v) is 1.96. The van der Waals surface area contributed by atoms with Crippen LogP contribution in [-0.2, 0) is 4.79 Å². The number of hydrazone groups is 1. The number of nitrogens with zero attached hydrogens (tertiary/aromatic N) is 2. The third-order valence-electron chi connectivity index (χ3n) is 3.17. The van der Waals surface area contributed by atoms with Crippen LogP contribution in [0.4, 0.5) is 5.69 Å². The van der Waals surface area contributed by atoms with Gasteiger partial charge in [0.15, 0.2) is 11.9 Å². The molecule has 0 aliphatic rings. The molecular weight excluding hydrogens is 310 g/mol. The molecule has 0 aliphatic carbocycles. The Morgan fingerprint density at radius 1 is 1.29 bits per heavy atom. The summed E-state index contributed by atoms with van der Waals surface area (Å²) in [5.74, 6) is -0.468. The average Bonchev–Trinajstić information content (AvgIpc) is 2.55. The standard InChI is InChI=1S/C17H17N3O4/c1-12-6-5-7-14(10-12)11-18-19-17(21)13(2)24-16-9-4-3-8-15(16)20(22)23/h3-11,13H,1-2H3,(H,19,21)/t13-/m0/s1. The molecule has 0 aromatic heterocycles. The fraction of sp³-hybridized carbons (Fsp3) is 0.176. The van der Waals surface area contributed by atoms with Gasteiger partial charge in [-0.3, -0.25) is 14.9 Å². The van der Waals surface area contributed by atoms with Gasteiger partial charge in [0.05, 0.1) is 11.1 Å². The quantitative estimate of drug-likeness (QED) is 0.501. The molecule has 0 fully saturated rings. The molecule has 124 valence electrons. The van der Waals surface area contributed by atoms with Gasteiger partial charge in [0.1, 0.15) is 0 Å². The highest BCUT2D eigenvalue weighted by Crippen LogP contribution is 2.26. The maximum atomic E-state index is 12.0. The third-order valence-corrected chi connectivity index (χ3v) is 3.17.